The quantitative estimate of drug-likeness (QED) is 0.651. The molecule has 3 aromatic rings. The monoisotopic (exact) mass is 371 g/mol. The van der Waals surface area contributed by atoms with Crippen molar-refractivity contribution in [3.05, 3.63) is 65.7 Å². The van der Waals surface area contributed by atoms with Gasteiger partial charge in [0, 0.05) is 30.5 Å². The smallest absolute Gasteiger partial charge is 0.222 e. The highest BCUT2D eigenvalue weighted by Crippen LogP contribution is 2.47. The van der Waals surface area contributed by atoms with Gasteiger partial charge in [-0.25, -0.2) is 0 Å². The number of fused-ring (bicyclic) bond motifs is 4. The maximum absolute atomic E-state index is 12.2. The molecule has 0 saturated carbocycles. The minimum Gasteiger partial charge on any atom is -0.507 e. The number of benzene rings is 3. The molecule has 0 radical (unpaired) electrons. The predicted octanol–water partition coefficient (Wildman–Crippen LogP) is 5.04. The Labute approximate surface area is 165 Å². The van der Waals surface area contributed by atoms with Crippen LogP contribution in [0.3, 0.4) is 0 Å². The second-order valence-electron chi connectivity index (χ2n) is 8.53. The van der Waals surface area contributed by atoms with Gasteiger partial charge in [0.1, 0.15) is 5.75 Å². The number of aryl methyl sites for hydroxylation is 1. The summed E-state index contributed by atoms with van der Waals surface area (Å²) in [6.07, 6.45) is 3.49. The molecule has 1 fully saturated rings. The summed E-state index contributed by atoms with van der Waals surface area (Å²) in [5.74, 6) is 0.588. The molecule has 1 saturated heterocycles. The first-order valence-electron chi connectivity index (χ1n) is 10.1. The standard InChI is InChI=1S/C25H25NO2/c1-25-14-13-23(28)26(2)22(25)12-9-17-15-18(7-10-20(17)25)24-19-6-4-3-5-16(19)8-11-21(24)27/h3-8,10-11,15,22,27H,9,12-14H2,1-2H3/t22-,25-/m1/s1. The summed E-state index contributed by atoms with van der Waals surface area (Å²) in [4.78, 5) is 14.2. The summed E-state index contributed by atoms with van der Waals surface area (Å²) in [6.45, 7) is 2.31. The highest BCUT2D eigenvalue weighted by Gasteiger charge is 2.46. The van der Waals surface area contributed by atoms with Gasteiger partial charge in [-0.3, -0.25) is 4.79 Å². The molecule has 1 amide bonds. The van der Waals surface area contributed by atoms with Gasteiger partial charge in [-0.2, -0.15) is 0 Å². The van der Waals surface area contributed by atoms with E-state index in [4.69, 9.17) is 0 Å². The summed E-state index contributed by atoms with van der Waals surface area (Å²) in [5, 5.41) is 12.8. The van der Waals surface area contributed by atoms with Gasteiger partial charge in [-0.05, 0) is 52.8 Å². The van der Waals surface area contributed by atoms with E-state index in [0.717, 1.165) is 41.2 Å². The van der Waals surface area contributed by atoms with E-state index in [0.29, 0.717) is 12.2 Å². The zero-order chi connectivity index (χ0) is 19.5. The number of phenolic OH excluding ortho intramolecular Hbond substituents is 1. The molecular formula is C25H25NO2. The third-order valence-electron chi connectivity index (χ3n) is 7.06. The number of hydrogen-bond acceptors (Lipinski definition) is 2. The van der Waals surface area contributed by atoms with Gasteiger partial charge in [0.2, 0.25) is 5.91 Å². The molecule has 0 unspecified atom stereocenters. The molecule has 1 aliphatic heterocycles. The average molecular weight is 371 g/mol. The number of amides is 1. The lowest BCUT2D eigenvalue weighted by Gasteiger charge is -2.50. The summed E-state index contributed by atoms with van der Waals surface area (Å²) < 4.78 is 0. The van der Waals surface area contributed by atoms with Gasteiger partial charge < -0.3 is 10.0 Å². The van der Waals surface area contributed by atoms with Crippen molar-refractivity contribution < 1.29 is 9.90 Å². The van der Waals surface area contributed by atoms with Gasteiger partial charge in [0.25, 0.3) is 0 Å². The molecule has 28 heavy (non-hydrogen) atoms. The molecule has 0 aromatic heterocycles. The van der Waals surface area contributed by atoms with Gasteiger partial charge in [0.05, 0.1) is 0 Å². The van der Waals surface area contributed by atoms with Gasteiger partial charge >= 0.3 is 0 Å². The number of piperidine rings is 1. The van der Waals surface area contributed by atoms with Crippen LogP contribution in [0.1, 0.15) is 37.3 Å². The predicted molar refractivity (Wildman–Crippen MR) is 113 cm³/mol. The maximum Gasteiger partial charge on any atom is 0.222 e. The van der Waals surface area contributed by atoms with Crippen LogP contribution >= 0.6 is 0 Å². The number of hydrogen-bond donors (Lipinski definition) is 1. The molecule has 1 heterocycles. The van der Waals surface area contributed by atoms with Crippen LogP contribution in [-0.4, -0.2) is 29.0 Å². The van der Waals surface area contributed by atoms with E-state index in [-0.39, 0.29) is 17.4 Å². The summed E-state index contributed by atoms with van der Waals surface area (Å²) in [7, 11) is 1.96. The molecule has 2 aliphatic rings. The van der Waals surface area contributed by atoms with Crippen molar-refractivity contribution in [2.45, 2.75) is 44.1 Å². The summed E-state index contributed by atoms with van der Waals surface area (Å²) >= 11 is 0. The Morgan fingerprint density at radius 1 is 1.07 bits per heavy atom. The van der Waals surface area contributed by atoms with Crippen molar-refractivity contribution in [3.63, 3.8) is 0 Å². The van der Waals surface area contributed by atoms with E-state index in [1.807, 2.05) is 30.1 Å². The van der Waals surface area contributed by atoms with Crippen molar-refractivity contribution in [3.8, 4) is 16.9 Å². The van der Waals surface area contributed by atoms with Crippen molar-refractivity contribution in [2.24, 2.45) is 0 Å². The number of phenols is 1. The van der Waals surface area contributed by atoms with Crippen LogP contribution in [0.5, 0.6) is 5.75 Å². The largest absolute Gasteiger partial charge is 0.507 e. The molecule has 0 spiro atoms. The van der Waals surface area contributed by atoms with Crippen LogP contribution in [0.2, 0.25) is 0 Å². The second-order valence-corrected chi connectivity index (χ2v) is 8.53. The first-order valence-corrected chi connectivity index (χ1v) is 10.1. The van der Waals surface area contributed by atoms with Crippen LogP contribution in [-0.2, 0) is 16.6 Å². The van der Waals surface area contributed by atoms with E-state index < -0.39 is 0 Å². The SMILES string of the molecule is CN1C(=O)CC[C@]2(C)c3ccc(-c4c(O)ccc5ccccc45)cc3CC[C@@H]12. The Bertz CT molecular complexity index is 1100. The maximum atomic E-state index is 12.2. The lowest BCUT2D eigenvalue weighted by molar-refractivity contribution is -0.138. The molecule has 1 N–H and O–H groups in total. The third-order valence-corrected chi connectivity index (χ3v) is 7.06. The summed E-state index contributed by atoms with van der Waals surface area (Å²) in [6, 6.07) is 18.9. The van der Waals surface area contributed by atoms with Gasteiger partial charge in [-0.15, -0.1) is 0 Å². The van der Waals surface area contributed by atoms with E-state index in [1.165, 1.54) is 11.1 Å². The zero-order valence-corrected chi connectivity index (χ0v) is 16.4. The normalized spacial score (nSPS) is 24.1. The molecule has 3 aromatic carbocycles. The number of carbonyl (C=O) groups excluding carboxylic acids is 1. The van der Waals surface area contributed by atoms with E-state index >= 15 is 0 Å². The Hall–Kier alpha value is -2.81. The lowest BCUT2D eigenvalue weighted by atomic mass is 9.63. The molecule has 0 bridgehead atoms. The lowest BCUT2D eigenvalue weighted by Crippen LogP contribution is -2.56. The highest BCUT2D eigenvalue weighted by molar-refractivity contribution is 5.99. The first-order chi connectivity index (χ1) is 13.5. The summed E-state index contributed by atoms with van der Waals surface area (Å²) in [5.41, 5.74) is 4.70. The van der Waals surface area contributed by atoms with E-state index in [9.17, 15) is 9.90 Å². The van der Waals surface area contributed by atoms with Crippen LogP contribution in [0.25, 0.3) is 21.9 Å². The molecule has 2 atom stereocenters. The van der Waals surface area contributed by atoms with Crippen LogP contribution in [0.15, 0.2) is 54.6 Å². The fourth-order valence-corrected chi connectivity index (χ4v) is 5.51. The van der Waals surface area contributed by atoms with Crippen molar-refractivity contribution in [1.82, 2.24) is 4.90 Å². The average Bonchev–Trinajstić information content (AvgIpc) is 2.71. The van der Waals surface area contributed by atoms with Gasteiger partial charge in [0.15, 0.2) is 0 Å². The second kappa shape index (κ2) is 6.10. The van der Waals surface area contributed by atoms with Crippen molar-refractivity contribution in [1.29, 1.82) is 0 Å². The fourth-order valence-electron chi connectivity index (χ4n) is 5.51. The van der Waals surface area contributed by atoms with Gasteiger partial charge in [-0.1, -0.05) is 55.5 Å². The fraction of sp³-hybridized carbons (Fsp3) is 0.320. The first kappa shape index (κ1) is 17.3. The Morgan fingerprint density at radius 3 is 2.75 bits per heavy atom. The third kappa shape index (κ3) is 2.39. The Kier molecular flexibility index (Phi) is 3.77. The Morgan fingerprint density at radius 2 is 1.89 bits per heavy atom. The number of likely N-dealkylation sites (tertiary alicyclic amines) is 1. The number of aromatic hydroxyl groups is 1. The minimum absolute atomic E-state index is 0.00950. The number of nitrogens with zero attached hydrogens (tertiary/aromatic N) is 1. The molecule has 5 rings (SSSR count). The number of likely N-dealkylation sites (N-methyl/N-ethyl adjacent to an activating group) is 1. The molecule has 3 heteroatoms. The molecule has 1 aliphatic carbocycles. The zero-order valence-electron chi connectivity index (χ0n) is 16.4. The Balaban J connectivity index is 1.65. The van der Waals surface area contributed by atoms with Crippen LogP contribution in [0.4, 0.5) is 0 Å². The minimum atomic E-state index is 0.00950. The molecular weight excluding hydrogens is 346 g/mol. The topological polar surface area (TPSA) is 40.5 Å². The van der Waals surface area contributed by atoms with Crippen molar-refractivity contribution in [2.75, 3.05) is 7.05 Å². The van der Waals surface area contributed by atoms with E-state index in [1.54, 1.807) is 6.07 Å². The highest BCUT2D eigenvalue weighted by atomic mass is 16.3. The number of carbonyl (C=O) groups is 1. The molecule has 142 valence electrons. The number of rotatable bonds is 1. The van der Waals surface area contributed by atoms with Crippen LogP contribution in [0, 0.1) is 0 Å². The molecule has 3 nitrogen and oxygen atoms in total. The van der Waals surface area contributed by atoms with Crippen LogP contribution < -0.4 is 0 Å². The van der Waals surface area contributed by atoms with E-state index in [2.05, 4.69) is 37.3 Å². The van der Waals surface area contributed by atoms with Crippen molar-refractivity contribution >= 4 is 16.7 Å².